The lowest BCUT2D eigenvalue weighted by Gasteiger charge is -2.30. The van der Waals surface area contributed by atoms with Crippen LogP contribution in [0.3, 0.4) is 0 Å². The van der Waals surface area contributed by atoms with E-state index in [1.165, 1.54) is 10.9 Å². The average Bonchev–Trinajstić information content (AvgIpc) is 3.30. The van der Waals surface area contributed by atoms with Gasteiger partial charge in [-0.3, -0.25) is 9.59 Å². The molecule has 0 atom stereocenters. The first-order chi connectivity index (χ1) is 13.1. The minimum absolute atomic E-state index is 0.0125. The second-order valence-electron chi connectivity index (χ2n) is 7.58. The fraction of sp³-hybridized carbons (Fsp3) is 0.381. The van der Waals surface area contributed by atoms with Gasteiger partial charge in [0.25, 0.3) is 11.5 Å². The van der Waals surface area contributed by atoms with Gasteiger partial charge < -0.3 is 9.47 Å². The summed E-state index contributed by atoms with van der Waals surface area (Å²) in [4.78, 5) is 28.1. The number of hydrogen-bond acceptors (Lipinski definition) is 3. The molecule has 0 bridgehead atoms. The molecule has 1 aromatic carbocycles. The fourth-order valence-corrected chi connectivity index (χ4v) is 4.54. The lowest BCUT2D eigenvalue weighted by Crippen LogP contribution is -2.37. The topological polar surface area (TPSA) is 59.6 Å². The Morgan fingerprint density at radius 1 is 1.04 bits per heavy atom. The molecule has 6 nitrogen and oxygen atoms in total. The molecule has 3 aromatic rings. The molecule has 27 heavy (non-hydrogen) atoms. The van der Waals surface area contributed by atoms with Crippen molar-refractivity contribution >= 4 is 11.6 Å². The number of benzene rings is 1. The molecule has 0 unspecified atom stereocenters. The number of fused-ring (bicyclic) bond motifs is 2. The number of rotatable bonds is 2. The zero-order valence-corrected chi connectivity index (χ0v) is 15.4. The van der Waals surface area contributed by atoms with Crippen LogP contribution in [0.5, 0.6) is 0 Å². The molecule has 1 fully saturated rings. The lowest BCUT2D eigenvalue weighted by molar-refractivity contribution is 0.0653. The third-order valence-electron chi connectivity index (χ3n) is 5.98. The summed E-state index contributed by atoms with van der Waals surface area (Å²) < 4.78 is 3.28. The highest BCUT2D eigenvalue weighted by atomic mass is 16.2. The zero-order valence-electron chi connectivity index (χ0n) is 15.4. The van der Waals surface area contributed by atoms with Crippen LogP contribution in [0.25, 0.3) is 16.9 Å². The molecule has 0 spiro atoms. The van der Waals surface area contributed by atoms with Crippen molar-refractivity contribution in [2.24, 2.45) is 7.05 Å². The standard InChI is InChI=1S/C21H22N4O2/c1-23-18-12-17(14-8-4-2-5-9-14)22-25(18)20(26)16-13-24(21(27)19(16)23)15-10-6-3-7-11-15/h2,4-5,8-9,12,15H,3,6-7,10-11,13H2,1H3. The maximum atomic E-state index is 13.1. The van der Waals surface area contributed by atoms with Crippen molar-refractivity contribution in [2.45, 2.75) is 44.7 Å². The molecule has 3 heterocycles. The molecule has 2 aliphatic rings. The Morgan fingerprint density at radius 3 is 2.52 bits per heavy atom. The van der Waals surface area contributed by atoms with Gasteiger partial charge in [0.1, 0.15) is 11.3 Å². The second-order valence-corrected chi connectivity index (χ2v) is 7.58. The summed E-state index contributed by atoms with van der Waals surface area (Å²) in [7, 11) is 1.85. The molecule has 0 N–H and O–H groups in total. The van der Waals surface area contributed by atoms with E-state index in [0.29, 0.717) is 23.4 Å². The Kier molecular flexibility index (Phi) is 3.67. The van der Waals surface area contributed by atoms with E-state index in [-0.39, 0.29) is 17.5 Å². The van der Waals surface area contributed by atoms with Gasteiger partial charge in [-0.05, 0) is 12.8 Å². The molecule has 2 aromatic heterocycles. The van der Waals surface area contributed by atoms with Crippen molar-refractivity contribution in [2.75, 3.05) is 0 Å². The molecule has 0 saturated heterocycles. The summed E-state index contributed by atoms with van der Waals surface area (Å²) in [6.45, 7) is 0.405. The Balaban J connectivity index is 1.62. The van der Waals surface area contributed by atoms with Crippen molar-refractivity contribution in [3.05, 3.63) is 58.0 Å². The summed E-state index contributed by atoms with van der Waals surface area (Å²) in [6, 6.07) is 11.9. The summed E-state index contributed by atoms with van der Waals surface area (Å²) in [5.74, 6) is -0.0125. The van der Waals surface area contributed by atoms with E-state index in [9.17, 15) is 9.59 Å². The van der Waals surface area contributed by atoms with Crippen LogP contribution >= 0.6 is 0 Å². The van der Waals surface area contributed by atoms with Gasteiger partial charge >= 0.3 is 0 Å². The summed E-state index contributed by atoms with van der Waals surface area (Å²) >= 11 is 0. The SMILES string of the molecule is Cn1c2c(c(=O)n3nc(-c4ccccc4)cc13)CN(C1CCCCC1)C2=O. The Labute approximate surface area is 157 Å². The molecular formula is C21H22N4O2. The zero-order chi connectivity index (χ0) is 18.5. The summed E-state index contributed by atoms with van der Waals surface area (Å²) in [5, 5.41) is 4.54. The molecule has 1 amide bonds. The van der Waals surface area contributed by atoms with Gasteiger partial charge in [-0.15, -0.1) is 0 Å². The van der Waals surface area contributed by atoms with Gasteiger partial charge in [-0.25, -0.2) is 0 Å². The van der Waals surface area contributed by atoms with Crippen molar-refractivity contribution in [3.63, 3.8) is 0 Å². The van der Waals surface area contributed by atoms with Crippen LogP contribution in [0.4, 0.5) is 0 Å². The maximum Gasteiger partial charge on any atom is 0.280 e. The number of carbonyl (C=O) groups is 1. The minimum Gasteiger partial charge on any atom is -0.330 e. The Morgan fingerprint density at radius 2 is 1.78 bits per heavy atom. The predicted octanol–water partition coefficient (Wildman–Crippen LogP) is 2.99. The van der Waals surface area contributed by atoms with E-state index in [2.05, 4.69) is 5.10 Å². The maximum absolute atomic E-state index is 13.1. The third kappa shape index (κ3) is 2.43. The number of carbonyl (C=O) groups excluding carboxylic acids is 1. The van der Waals surface area contributed by atoms with Crippen molar-refractivity contribution in [1.82, 2.24) is 19.1 Å². The number of nitrogens with zero attached hydrogens (tertiary/aromatic N) is 4. The first-order valence-electron chi connectivity index (χ1n) is 9.63. The molecule has 5 rings (SSSR count). The smallest absolute Gasteiger partial charge is 0.280 e. The van der Waals surface area contributed by atoms with E-state index in [1.54, 1.807) is 0 Å². The monoisotopic (exact) mass is 362 g/mol. The van der Waals surface area contributed by atoms with Crippen LogP contribution in [-0.4, -0.2) is 31.0 Å². The van der Waals surface area contributed by atoms with E-state index in [0.717, 1.165) is 36.9 Å². The largest absolute Gasteiger partial charge is 0.330 e. The number of amides is 1. The number of aryl methyl sites for hydroxylation is 1. The van der Waals surface area contributed by atoms with Crippen molar-refractivity contribution < 1.29 is 4.79 Å². The van der Waals surface area contributed by atoms with Crippen molar-refractivity contribution in [1.29, 1.82) is 0 Å². The van der Waals surface area contributed by atoms with E-state index in [1.807, 2.05) is 52.9 Å². The lowest BCUT2D eigenvalue weighted by atomic mass is 9.94. The highest BCUT2D eigenvalue weighted by Gasteiger charge is 2.37. The van der Waals surface area contributed by atoms with Gasteiger partial charge in [0.15, 0.2) is 0 Å². The molecular weight excluding hydrogens is 340 g/mol. The molecule has 1 saturated carbocycles. The molecule has 138 valence electrons. The first kappa shape index (κ1) is 16.3. The number of hydrogen-bond donors (Lipinski definition) is 0. The van der Waals surface area contributed by atoms with Crippen LogP contribution in [0.2, 0.25) is 0 Å². The fourth-order valence-electron chi connectivity index (χ4n) is 4.54. The van der Waals surface area contributed by atoms with E-state index < -0.39 is 0 Å². The molecule has 0 radical (unpaired) electrons. The quantitative estimate of drug-likeness (QED) is 0.704. The van der Waals surface area contributed by atoms with Gasteiger partial charge in [-0.2, -0.15) is 9.61 Å². The third-order valence-corrected chi connectivity index (χ3v) is 5.98. The van der Waals surface area contributed by atoms with E-state index in [4.69, 9.17) is 0 Å². The van der Waals surface area contributed by atoms with Crippen LogP contribution in [0.1, 0.15) is 48.2 Å². The van der Waals surface area contributed by atoms with Crippen LogP contribution in [0.15, 0.2) is 41.2 Å². The van der Waals surface area contributed by atoms with Gasteiger partial charge in [0.2, 0.25) is 0 Å². The van der Waals surface area contributed by atoms with Crippen LogP contribution < -0.4 is 5.56 Å². The number of aromatic nitrogens is 3. The normalized spacial score (nSPS) is 17.7. The average molecular weight is 362 g/mol. The minimum atomic E-state index is -0.174. The summed E-state index contributed by atoms with van der Waals surface area (Å²) in [6.07, 6.45) is 5.62. The second kappa shape index (κ2) is 6.08. The molecule has 1 aliphatic carbocycles. The van der Waals surface area contributed by atoms with Crippen LogP contribution in [-0.2, 0) is 13.6 Å². The van der Waals surface area contributed by atoms with Gasteiger partial charge in [-0.1, -0.05) is 49.6 Å². The van der Waals surface area contributed by atoms with Gasteiger partial charge in [0.05, 0.1) is 17.8 Å². The van der Waals surface area contributed by atoms with Crippen LogP contribution in [0, 0.1) is 0 Å². The Bertz CT molecular complexity index is 1090. The molecule has 1 aliphatic heterocycles. The van der Waals surface area contributed by atoms with E-state index >= 15 is 0 Å². The Hall–Kier alpha value is -2.89. The first-order valence-corrected chi connectivity index (χ1v) is 9.63. The van der Waals surface area contributed by atoms with Crippen molar-refractivity contribution in [3.8, 4) is 11.3 Å². The van der Waals surface area contributed by atoms with Gasteiger partial charge in [0, 0.05) is 24.7 Å². The summed E-state index contributed by atoms with van der Waals surface area (Å²) in [5.41, 5.74) is 3.27. The highest BCUT2D eigenvalue weighted by molar-refractivity contribution is 5.97. The highest BCUT2D eigenvalue weighted by Crippen LogP contribution is 2.30. The molecule has 6 heteroatoms. The predicted molar refractivity (Wildman–Crippen MR) is 103 cm³/mol.